The normalized spacial score (nSPS) is 21.8. The highest BCUT2D eigenvalue weighted by Crippen LogP contribution is 2.27. The van der Waals surface area contributed by atoms with E-state index < -0.39 is 5.97 Å². The van der Waals surface area contributed by atoms with Crippen molar-refractivity contribution in [3.8, 4) is 0 Å². The molecule has 12 heavy (non-hydrogen) atoms. The van der Waals surface area contributed by atoms with Gasteiger partial charge in [-0.25, -0.2) is 4.79 Å². The lowest BCUT2D eigenvalue weighted by Gasteiger charge is -2.26. The SMILES string of the molecule is O=C(O)c1cc([C@@H]2CCN2)cs1. The second-order valence-electron chi connectivity index (χ2n) is 2.84. The van der Waals surface area contributed by atoms with E-state index in [2.05, 4.69) is 5.32 Å². The van der Waals surface area contributed by atoms with E-state index in [1.165, 1.54) is 11.3 Å². The molecule has 0 spiro atoms. The van der Waals surface area contributed by atoms with E-state index in [4.69, 9.17) is 5.11 Å². The molecule has 2 rings (SSSR count). The first kappa shape index (κ1) is 7.76. The van der Waals surface area contributed by atoms with Gasteiger partial charge >= 0.3 is 5.97 Å². The highest BCUT2D eigenvalue weighted by atomic mass is 32.1. The van der Waals surface area contributed by atoms with Crippen LogP contribution < -0.4 is 5.32 Å². The maximum absolute atomic E-state index is 10.5. The number of carbonyl (C=O) groups is 1. The minimum Gasteiger partial charge on any atom is -0.477 e. The molecule has 1 fully saturated rings. The van der Waals surface area contributed by atoms with Crippen molar-refractivity contribution in [2.24, 2.45) is 0 Å². The van der Waals surface area contributed by atoms with Gasteiger partial charge in [0.05, 0.1) is 0 Å². The molecule has 0 saturated carbocycles. The van der Waals surface area contributed by atoms with Crippen LogP contribution in [-0.2, 0) is 0 Å². The van der Waals surface area contributed by atoms with Crippen LogP contribution in [-0.4, -0.2) is 17.6 Å². The Hall–Kier alpha value is -0.870. The molecule has 64 valence electrons. The van der Waals surface area contributed by atoms with Crippen molar-refractivity contribution in [2.75, 3.05) is 6.54 Å². The van der Waals surface area contributed by atoms with Crippen LogP contribution in [0.5, 0.6) is 0 Å². The first-order valence-corrected chi connectivity index (χ1v) is 4.70. The number of carboxylic acids is 1. The van der Waals surface area contributed by atoms with Crippen molar-refractivity contribution < 1.29 is 9.90 Å². The summed E-state index contributed by atoms with van der Waals surface area (Å²) in [4.78, 5) is 11.0. The number of nitrogens with one attached hydrogen (secondary N) is 1. The molecule has 1 saturated heterocycles. The van der Waals surface area contributed by atoms with Gasteiger partial charge in [0.2, 0.25) is 0 Å². The van der Waals surface area contributed by atoms with Crippen molar-refractivity contribution in [3.63, 3.8) is 0 Å². The third-order valence-electron chi connectivity index (χ3n) is 2.06. The van der Waals surface area contributed by atoms with E-state index >= 15 is 0 Å². The lowest BCUT2D eigenvalue weighted by Crippen LogP contribution is -2.34. The van der Waals surface area contributed by atoms with Gasteiger partial charge in [0.1, 0.15) is 4.88 Å². The van der Waals surface area contributed by atoms with E-state index in [9.17, 15) is 4.79 Å². The Balaban J connectivity index is 2.17. The van der Waals surface area contributed by atoms with Gasteiger partial charge in [-0.2, -0.15) is 0 Å². The molecule has 0 bridgehead atoms. The van der Waals surface area contributed by atoms with Gasteiger partial charge in [-0.1, -0.05) is 0 Å². The van der Waals surface area contributed by atoms with Crippen LogP contribution in [0.25, 0.3) is 0 Å². The summed E-state index contributed by atoms with van der Waals surface area (Å²) in [6.07, 6.45) is 1.12. The molecule has 2 heterocycles. The maximum atomic E-state index is 10.5. The quantitative estimate of drug-likeness (QED) is 0.730. The fourth-order valence-electron chi connectivity index (χ4n) is 1.22. The fourth-order valence-corrected chi connectivity index (χ4v) is 2.02. The van der Waals surface area contributed by atoms with Crippen LogP contribution in [0.4, 0.5) is 0 Å². The Bertz CT molecular complexity index is 304. The highest BCUT2D eigenvalue weighted by molar-refractivity contribution is 7.12. The summed E-state index contributed by atoms with van der Waals surface area (Å²) in [5.41, 5.74) is 1.11. The van der Waals surface area contributed by atoms with Crippen LogP contribution in [0.1, 0.15) is 27.7 Å². The monoisotopic (exact) mass is 183 g/mol. The van der Waals surface area contributed by atoms with Gasteiger partial charge in [-0.3, -0.25) is 0 Å². The van der Waals surface area contributed by atoms with Crippen molar-refractivity contribution in [2.45, 2.75) is 12.5 Å². The Morgan fingerprint density at radius 1 is 1.75 bits per heavy atom. The summed E-state index contributed by atoms with van der Waals surface area (Å²) in [6.45, 7) is 1.04. The van der Waals surface area contributed by atoms with Gasteiger partial charge in [0.25, 0.3) is 0 Å². The molecule has 0 radical (unpaired) electrons. The average molecular weight is 183 g/mol. The molecule has 3 nitrogen and oxygen atoms in total. The summed E-state index contributed by atoms with van der Waals surface area (Å²) in [5.74, 6) is -0.828. The first-order chi connectivity index (χ1) is 5.77. The van der Waals surface area contributed by atoms with Crippen LogP contribution in [0.15, 0.2) is 11.4 Å². The molecule has 0 unspecified atom stereocenters. The van der Waals surface area contributed by atoms with Crippen LogP contribution in [0, 0.1) is 0 Å². The van der Waals surface area contributed by atoms with Crippen LogP contribution in [0.3, 0.4) is 0 Å². The number of aromatic carboxylic acids is 1. The summed E-state index contributed by atoms with van der Waals surface area (Å²) in [5, 5.41) is 13.8. The van der Waals surface area contributed by atoms with Crippen LogP contribution >= 0.6 is 11.3 Å². The van der Waals surface area contributed by atoms with E-state index in [-0.39, 0.29) is 0 Å². The van der Waals surface area contributed by atoms with Crippen LogP contribution in [0.2, 0.25) is 0 Å². The molecule has 1 aromatic heterocycles. The number of thiophene rings is 1. The molecular weight excluding hydrogens is 174 g/mol. The second-order valence-corrected chi connectivity index (χ2v) is 3.76. The number of hydrogen-bond donors (Lipinski definition) is 2. The topological polar surface area (TPSA) is 49.3 Å². The Morgan fingerprint density at radius 3 is 2.92 bits per heavy atom. The fraction of sp³-hybridized carbons (Fsp3) is 0.375. The molecule has 1 atom stereocenters. The van der Waals surface area contributed by atoms with Gasteiger partial charge in [-0.15, -0.1) is 11.3 Å². The minimum absolute atomic E-state index is 0.398. The predicted molar refractivity (Wildman–Crippen MR) is 46.6 cm³/mol. The first-order valence-electron chi connectivity index (χ1n) is 3.82. The number of carboxylic acid groups (broad SMARTS) is 1. The minimum atomic E-state index is -0.828. The Morgan fingerprint density at radius 2 is 2.50 bits per heavy atom. The molecule has 0 aromatic carbocycles. The second kappa shape index (κ2) is 2.88. The van der Waals surface area contributed by atoms with E-state index in [0.717, 1.165) is 18.5 Å². The van der Waals surface area contributed by atoms with Crippen molar-refractivity contribution in [3.05, 3.63) is 21.9 Å². The van der Waals surface area contributed by atoms with Gasteiger partial charge in [-0.05, 0) is 30.0 Å². The summed E-state index contributed by atoms with van der Waals surface area (Å²) >= 11 is 1.30. The van der Waals surface area contributed by atoms with E-state index in [1.807, 2.05) is 5.38 Å². The summed E-state index contributed by atoms with van der Waals surface area (Å²) in [7, 11) is 0. The molecular formula is C8H9NO2S. The Kier molecular flexibility index (Phi) is 1.86. The van der Waals surface area contributed by atoms with E-state index in [0.29, 0.717) is 10.9 Å². The smallest absolute Gasteiger partial charge is 0.345 e. The van der Waals surface area contributed by atoms with Gasteiger partial charge in [0, 0.05) is 6.04 Å². The predicted octanol–water partition coefficient (Wildman–Crippen LogP) is 1.48. The summed E-state index contributed by atoms with van der Waals surface area (Å²) in [6, 6.07) is 2.15. The third-order valence-corrected chi connectivity index (χ3v) is 2.99. The molecule has 4 heteroatoms. The van der Waals surface area contributed by atoms with E-state index in [1.54, 1.807) is 6.07 Å². The van der Waals surface area contributed by atoms with Crippen molar-refractivity contribution in [1.82, 2.24) is 5.32 Å². The maximum Gasteiger partial charge on any atom is 0.345 e. The lowest BCUT2D eigenvalue weighted by atomic mass is 10.0. The lowest BCUT2D eigenvalue weighted by molar-refractivity contribution is 0.0702. The molecule has 1 aliphatic heterocycles. The zero-order chi connectivity index (χ0) is 8.55. The summed E-state index contributed by atoms with van der Waals surface area (Å²) < 4.78 is 0. The van der Waals surface area contributed by atoms with Crippen molar-refractivity contribution >= 4 is 17.3 Å². The highest BCUT2D eigenvalue weighted by Gasteiger charge is 2.20. The zero-order valence-corrected chi connectivity index (χ0v) is 7.23. The average Bonchev–Trinajstić information content (AvgIpc) is 2.32. The zero-order valence-electron chi connectivity index (χ0n) is 6.41. The molecule has 0 amide bonds. The third kappa shape index (κ3) is 1.23. The largest absolute Gasteiger partial charge is 0.477 e. The molecule has 2 N–H and O–H groups in total. The molecule has 1 aromatic rings. The van der Waals surface area contributed by atoms with Gasteiger partial charge < -0.3 is 10.4 Å². The Labute approximate surface area is 74.0 Å². The molecule has 0 aliphatic carbocycles. The van der Waals surface area contributed by atoms with Gasteiger partial charge in [0.15, 0.2) is 0 Å². The number of rotatable bonds is 2. The standard InChI is InChI=1S/C8H9NO2S/c10-8(11)7-3-5(4-12-7)6-1-2-9-6/h3-4,6,9H,1-2H2,(H,10,11)/t6-/m0/s1. The van der Waals surface area contributed by atoms with Crippen molar-refractivity contribution in [1.29, 1.82) is 0 Å². The number of hydrogen-bond acceptors (Lipinski definition) is 3. The molecule has 1 aliphatic rings.